The number of benzene rings is 2. The van der Waals surface area contributed by atoms with Gasteiger partial charge in [-0.1, -0.05) is 30.5 Å². The molecule has 34 heavy (non-hydrogen) atoms. The number of rotatable bonds is 8. The number of sulfonamides is 2. The maximum atomic E-state index is 12.6. The van der Waals surface area contributed by atoms with E-state index in [0.29, 0.717) is 12.8 Å². The molecule has 5 N–H and O–H groups in total. The van der Waals surface area contributed by atoms with Crippen LogP contribution in [-0.4, -0.2) is 47.3 Å². The average Bonchev–Trinajstić information content (AvgIpc) is 2.78. The van der Waals surface area contributed by atoms with Crippen molar-refractivity contribution in [3.63, 3.8) is 0 Å². The Hall–Kier alpha value is -2.51. The van der Waals surface area contributed by atoms with Crippen molar-refractivity contribution < 1.29 is 26.4 Å². The van der Waals surface area contributed by atoms with Gasteiger partial charge in [0.05, 0.1) is 16.3 Å². The molecule has 0 bridgehead atoms. The number of hydrogen-bond acceptors (Lipinski definition) is 6. The van der Waals surface area contributed by atoms with Crippen molar-refractivity contribution in [3.05, 3.63) is 59.1 Å². The first-order valence-corrected chi connectivity index (χ1v) is 13.8. The smallest absolute Gasteiger partial charge is 0.251 e. The summed E-state index contributed by atoms with van der Waals surface area (Å²) >= 11 is 5.83. The van der Waals surface area contributed by atoms with Gasteiger partial charge in [0, 0.05) is 22.7 Å². The van der Waals surface area contributed by atoms with E-state index >= 15 is 0 Å². The van der Waals surface area contributed by atoms with Gasteiger partial charge in [0.2, 0.25) is 26.0 Å². The Labute approximate surface area is 203 Å². The Bertz CT molecular complexity index is 1270. The van der Waals surface area contributed by atoms with E-state index in [1.54, 1.807) is 6.07 Å². The Morgan fingerprint density at radius 1 is 0.912 bits per heavy atom. The number of hydrogen-bond donors (Lipinski definition) is 4. The minimum Gasteiger partial charge on any atom is -0.350 e. The maximum Gasteiger partial charge on any atom is 0.251 e. The van der Waals surface area contributed by atoms with Gasteiger partial charge in [-0.05, 0) is 55.3 Å². The molecule has 0 aliphatic heterocycles. The second-order valence-corrected chi connectivity index (χ2v) is 11.7. The summed E-state index contributed by atoms with van der Waals surface area (Å²) in [4.78, 5) is 24.9. The quantitative estimate of drug-likeness (QED) is 0.401. The topological polar surface area (TPSA) is 165 Å². The lowest BCUT2D eigenvalue weighted by Crippen LogP contribution is -2.54. The van der Waals surface area contributed by atoms with Crippen LogP contribution in [0.25, 0.3) is 0 Å². The SMILES string of the molecule is NS(=O)(=O)c1ccc(C(=O)N[C@H]2CCCC[C@H]2NC(=O)CNS(=O)(=O)c2cccc(Cl)c2)cc1. The lowest BCUT2D eigenvalue weighted by molar-refractivity contribution is -0.121. The van der Waals surface area contributed by atoms with Gasteiger partial charge in [-0.3, -0.25) is 9.59 Å². The van der Waals surface area contributed by atoms with Crippen LogP contribution in [-0.2, 0) is 24.8 Å². The van der Waals surface area contributed by atoms with Gasteiger partial charge in [0.25, 0.3) is 5.91 Å². The fourth-order valence-corrected chi connectivity index (χ4v) is 5.46. The van der Waals surface area contributed by atoms with Gasteiger partial charge >= 0.3 is 0 Å². The summed E-state index contributed by atoms with van der Waals surface area (Å²) < 4.78 is 49.8. The molecule has 0 radical (unpaired) electrons. The van der Waals surface area contributed by atoms with Crippen molar-refractivity contribution in [2.75, 3.05) is 6.54 Å². The van der Waals surface area contributed by atoms with E-state index in [-0.39, 0.29) is 32.5 Å². The molecule has 2 aromatic rings. The van der Waals surface area contributed by atoms with Crippen LogP contribution < -0.4 is 20.5 Å². The molecule has 0 aromatic heterocycles. The van der Waals surface area contributed by atoms with Crippen LogP contribution >= 0.6 is 11.6 Å². The molecule has 1 aliphatic rings. The van der Waals surface area contributed by atoms with Crippen LogP contribution in [0, 0.1) is 0 Å². The van der Waals surface area contributed by atoms with Gasteiger partial charge in [-0.25, -0.2) is 26.7 Å². The van der Waals surface area contributed by atoms with Crippen molar-refractivity contribution >= 4 is 43.5 Å². The van der Waals surface area contributed by atoms with E-state index in [1.165, 1.54) is 42.5 Å². The van der Waals surface area contributed by atoms with Gasteiger partial charge in [0.1, 0.15) is 0 Å². The predicted octanol–water partition coefficient (Wildman–Crippen LogP) is 1.12. The molecule has 184 valence electrons. The second-order valence-electron chi connectivity index (χ2n) is 7.89. The highest BCUT2D eigenvalue weighted by Crippen LogP contribution is 2.20. The molecule has 10 nitrogen and oxygen atoms in total. The molecule has 1 aliphatic carbocycles. The average molecular weight is 529 g/mol. The van der Waals surface area contributed by atoms with Gasteiger partial charge < -0.3 is 10.6 Å². The fraction of sp³-hybridized carbons (Fsp3) is 0.333. The molecule has 1 saturated carbocycles. The predicted molar refractivity (Wildman–Crippen MR) is 126 cm³/mol. The van der Waals surface area contributed by atoms with Crippen LogP contribution in [0.5, 0.6) is 0 Å². The third kappa shape index (κ3) is 7.00. The molecule has 3 rings (SSSR count). The Morgan fingerprint density at radius 2 is 1.53 bits per heavy atom. The molecule has 1 fully saturated rings. The fourth-order valence-electron chi connectivity index (χ4n) is 3.66. The molecule has 2 aromatic carbocycles. The summed E-state index contributed by atoms with van der Waals surface area (Å²) in [5.74, 6) is -0.956. The molecule has 2 atom stereocenters. The van der Waals surface area contributed by atoms with E-state index in [2.05, 4.69) is 15.4 Å². The zero-order valence-electron chi connectivity index (χ0n) is 18.0. The minimum atomic E-state index is -3.92. The molecule has 0 unspecified atom stereocenters. The molecular weight excluding hydrogens is 504 g/mol. The number of primary sulfonamides is 1. The van der Waals surface area contributed by atoms with E-state index in [0.717, 1.165) is 12.8 Å². The molecule has 2 amide bonds. The summed E-state index contributed by atoms with van der Waals surface area (Å²) in [5, 5.41) is 11.0. The van der Waals surface area contributed by atoms with E-state index in [4.69, 9.17) is 16.7 Å². The summed E-state index contributed by atoms with van der Waals surface area (Å²) in [6.45, 7) is -0.471. The highest BCUT2D eigenvalue weighted by molar-refractivity contribution is 7.89. The lowest BCUT2D eigenvalue weighted by atomic mass is 9.90. The van der Waals surface area contributed by atoms with Crippen molar-refractivity contribution in [2.45, 2.75) is 47.6 Å². The van der Waals surface area contributed by atoms with E-state index < -0.39 is 38.4 Å². The molecule has 13 heteroatoms. The van der Waals surface area contributed by atoms with Gasteiger partial charge in [-0.15, -0.1) is 0 Å². The van der Waals surface area contributed by atoms with E-state index in [9.17, 15) is 26.4 Å². The largest absolute Gasteiger partial charge is 0.350 e. The monoisotopic (exact) mass is 528 g/mol. The molecular formula is C21H25ClN4O6S2. The van der Waals surface area contributed by atoms with Crippen LogP contribution in [0.3, 0.4) is 0 Å². The first-order valence-electron chi connectivity index (χ1n) is 10.4. The number of carbonyl (C=O) groups excluding carboxylic acids is 2. The van der Waals surface area contributed by atoms with Crippen molar-refractivity contribution in [2.24, 2.45) is 5.14 Å². The van der Waals surface area contributed by atoms with Crippen molar-refractivity contribution in [3.8, 4) is 0 Å². The van der Waals surface area contributed by atoms with Crippen molar-refractivity contribution in [1.82, 2.24) is 15.4 Å². The zero-order valence-corrected chi connectivity index (χ0v) is 20.4. The second kappa shape index (κ2) is 10.8. The summed E-state index contributed by atoms with van der Waals surface area (Å²) in [5.41, 5.74) is 0.248. The Kier molecular flexibility index (Phi) is 8.31. The molecule has 0 heterocycles. The number of nitrogens with one attached hydrogen (secondary N) is 3. The highest BCUT2D eigenvalue weighted by Gasteiger charge is 2.28. The minimum absolute atomic E-state index is 0.0518. The van der Waals surface area contributed by atoms with Crippen LogP contribution in [0.4, 0.5) is 0 Å². The Morgan fingerprint density at radius 3 is 2.12 bits per heavy atom. The molecule has 0 saturated heterocycles. The Balaban J connectivity index is 1.59. The maximum absolute atomic E-state index is 12.6. The highest BCUT2D eigenvalue weighted by atomic mass is 35.5. The summed E-state index contributed by atoms with van der Waals surface area (Å²) in [7, 11) is -7.78. The standard InChI is InChI=1S/C21H25ClN4O6S2/c22-15-4-3-5-17(12-15)34(31,32)24-13-20(27)25-18-6-1-2-7-19(18)26-21(28)14-8-10-16(11-9-14)33(23,29)30/h3-5,8-12,18-19,24H,1-2,6-7,13H2,(H,25,27)(H,26,28)(H2,23,29,30)/t18-,19+/m1/s1. The van der Waals surface area contributed by atoms with Crippen LogP contribution in [0.2, 0.25) is 5.02 Å². The first-order chi connectivity index (χ1) is 16.0. The third-order valence-electron chi connectivity index (χ3n) is 5.40. The third-order valence-corrected chi connectivity index (χ3v) is 7.97. The molecule has 0 spiro atoms. The zero-order chi connectivity index (χ0) is 24.9. The number of nitrogens with two attached hydrogens (primary N) is 1. The number of amides is 2. The first kappa shape index (κ1) is 26.1. The van der Waals surface area contributed by atoms with E-state index in [1.807, 2.05) is 0 Å². The number of carbonyl (C=O) groups is 2. The lowest BCUT2D eigenvalue weighted by Gasteiger charge is -2.33. The van der Waals surface area contributed by atoms with Gasteiger partial charge in [-0.2, -0.15) is 0 Å². The normalized spacial score (nSPS) is 18.8. The van der Waals surface area contributed by atoms with Crippen LogP contribution in [0.15, 0.2) is 58.3 Å². The van der Waals surface area contributed by atoms with Crippen LogP contribution in [0.1, 0.15) is 36.0 Å². The van der Waals surface area contributed by atoms with Crippen molar-refractivity contribution in [1.29, 1.82) is 0 Å². The summed E-state index contributed by atoms with van der Waals surface area (Å²) in [6.07, 6.45) is 2.93. The number of halogens is 1. The van der Waals surface area contributed by atoms with Gasteiger partial charge in [0.15, 0.2) is 0 Å². The summed E-state index contributed by atoms with van der Waals surface area (Å²) in [6, 6.07) is 10.1.